The summed E-state index contributed by atoms with van der Waals surface area (Å²) >= 11 is 6.02. The van der Waals surface area contributed by atoms with Crippen LogP contribution in [0.15, 0.2) is 42.5 Å². The second-order valence-corrected chi connectivity index (χ2v) is 8.03. The van der Waals surface area contributed by atoms with Gasteiger partial charge in [-0.2, -0.15) is 0 Å². The fourth-order valence-electron chi connectivity index (χ4n) is 3.82. The molecule has 0 bridgehead atoms. The molecule has 2 saturated heterocycles. The number of benzene rings is 2. The van der Waals surface area contributed by atoms with Crippen LogP contribution in [0.25, 0.3) is 0 Å². The first kappa shape index (κ1) is 21.1. The molecule has 2 aromatic carbocycles. The fraction of sp³-hybridized carbons (Fsp3) is 0.286. The molecule has 0 aromatic heterocycles. The molecule has 4 rings (SSSR count). The molecular formula is C21H21ClFN5O3. The lowest BCUT2D eigenvalue weighted by molar-refractivity contribution is -0.144. The summed E-state index contributed by atoms with van der Waals surface area (Å²) in [6, 6.07) is 10.7. The summed E-state index contributed by atoms with van der Waals surface area (Å²) in [6.45, 7) is 1.82. The number of hydrogen-bond acceptors (Lipinski definition) is 5. The molecule has 0 spiro atoms. The normalized spacial score (nSPS) is 25.1. The average Bonchev–Trinajstić information content (AvgIpc) is 2.71. The predicted octanol–water partition coefficient (Wildman–Crippen LogP) is 1.92. The van der Waals surface area contributed by atoms with E-state index >= 15 is 0 Å². The summed E-state index contributed by atoms with van der Waals surface area (Å²) in [6.07, 6.45) is -1.57. The van der Waals surface area contributed by atoms with Crippen molar-refractivity contribution in [2.75, 3.05) is 10.6 Å². The molecular weight excluding hydrogens is 425 g/mol. The lowest BCUT2D eigenvalue weighted by atomic mass is 9.81. The zero-order valence-electron chi connectivity index (χ0n) is 16.5. The smallest absolute Gasteiger partial charge is 0.229 e. The number of nitrogens with one attached hydrogen (secondary N) is 5. The van der Waals surface area contributed by atoms with E-state index in [1.54, 1.807) is 18.2 Å². The SMILES string of the molecule is Cc1ccc(Cl)cc1NC(=O)C1CC(=O)NC2NC(Nc3ccc(F)cc3)NC(=O)C21. The van der Waals surface area contributed by atoms with E-state index in [0.29, 0.717) is 16.4 Å². The van der Waals surface area contributed by atoms with Gasteiger partial charge < -0.3 is 21.3 Å². The van der Waals surface area contributed by atoms with Crippen molar-refractivity contribution in [1.82, 2.24) is 16.0 Å². The third kappa shape index (κ3) is 4.62. The first-order valence-electron chi connectivity index (χ1n) is 9.75. The largest absolute Gasteiger partial charge is 0.353 e. The fourth-order valence-corrected chi connectivity index (χ4v) is 3.99. The lowest BCUT2D eigenvalue weighted by Gasteiger charge is -2.43. The minimum Gasteiger partial charge on any atom is -0.353 e. The van der Waals surface area contributed by atoms with Crippen LogP contribution in [-0.4, -0.2) is 30.2 Å². The maximum absolute atomic E-state index is 13.1. The van der Waals surface area contributed by atoms with Crippen LogP contribution in [0.4, 0.5) is 15.8 Å². The topological polar surface area (TPSA) is 111 Å². The van der Waals surface area contributed by atoms with E-state index in [0.717, 1.165) is 5.56 Å². The minimum atomic E-state index is -0.864. The number of aryl methyl sites for hydroxylation is 1. The molecule has 2 fully saturated rings. The van der Waals surface area contributed by atoms with E-state index in [9.17, 15) is 18.8 Å². The molecule has 2 heterocycles. The summed E-state index contributed by atoms with van der Waals surface area (Å²) in [5, 5.41) is 14.8. The van der Waals surface area contributed by atoms with Crippen molar-refractivity contribution in [2.45, 2.75) is 25.8 Å². The van der Waals surface area contributed by atoms with Crippen molar-refractivity contribution in [2.24, 2.45) is 11.8 Å². The van der Waals surface area contributed by atoms with Gasteiger partial charge in [0, 0.05) is 22.8 Å². The Morgan fingerprint density at radius 2 is 1.87 bits per heavy atom. The molecule has 4 unspecified atom stereocenters. The predicted molar refractivity (Wildman–Crippen MR) is 113 cm³/mol. The maximum Gasteiger partial charge on any atom is 0.229 e. The van der Waals surface area contributed by atoms with Crippen LogP contribution < -0.4 is 26.6 Å². The van der Waals surface area contributed by atoms with Crippen LogP contribution in [0.5, 0.6) is 0 Å². The van der Waals surface area contributed by atoms with Crippen LogP contribution in [0.3, 0.4) is 0 Å². The Hall–Kier alpha value is -3.17. The number of piperidine rings is 1. The standard InChI is InChI=1S/C21H21ClFN5O3/c1-10-2-3-11(22)8-15(10)25-19(30)14-9-16(29)26-18-17(14)20(31)28-21(27-18)24-13-6-4-12(23)5-7-13/h2-8,14,17-18,21,24,27H,9H2,1H3,(H,25,30)(H,26,29)(H,28,31). The molecule has 2 aliphatic rings. The Labute approximate surface area is 182 Å². The van der Waals surface area contributed by atoms with E-state index in [4.69, 9.17) is 11.6 Å². The van der Waals surface area contributed by atoms with Gasteiger partial charge in [-0.15, -0.1) is 0 Å². The van der Waals surface area contributed by atoms with Crippen LogP contribution in [0.2, 0.25) is 5.02 Å². The van der Waals surface area contributed by atoms with Crippen molar-refractivity contribution < 1.29 is 18.8 Å². The molecule has 0 aliphatic carbocycles. The number of fused-ring (bicyclic) bond motifs is 1. The van der Waals surface area contributed by atoms with Gasteiger partial charge in [-0.3, -0.25) is 19.7 Å². The first-order chi connectivity index (χ1) is 14.8. The Morgan fingerprint density at radius 3 is 2.61 bits per heavy atom. The molecule has 8 nitrogen and oxygen atoms in total. The summed E-state index contributed by atoms with van der Waals surface area (Å²) < 4.78 is 13.1. The Morgan fingerprint density at radius 1 is 1.13 bits per heavy atom. The highest BCUT2D eigenvalue weighted by Crippen LogP contribution is 2.29. The van der Waals surface area contributed by atoms with Crippen molar-refractivity contribution in [3.8, 4) is 0 Å². The van der Waals surface area contributed by atoms with Gasteiger partial charge in [0.25, 0.3) is 0 Å². The summed E-state index contributed by atoms with van der Waals surface area (Å²) in [7, 11) is 0. The van der Waals surface area contributed by atoms with Gasteiger partial charge in [-0.1, -0.05) is 17.7 Å². The van der Waals surface area contributed by atoms with Gasteiger partial charge in [0.1, 0.15) is 5.82 Å². The highest BCUT2D eigenvalue weighted by molar-refractivity contribution is 6.31. The van der Waals surface area contributed by atoms with E-state index in [-0.39, 0.29) is 24.1 Å². The number of halogens is 2. The minimum absolute atomic E-state index is 0.113. The maximum atomic E-state index is 13.1. The first-order valence-corrected chi connectivity index (χ1v) is 10.1. The summed E-state index contributed by atoms with van der Waals surface area (Å²) in [5.74, 6) is -3.20. The molecule has 5 N–H and O–H groups in total. The number of anilines is 2. The van der Waals surface area contributed by atoms with Gasteiger partial charge in [-0.25, -0.2) is 4.39 Å². The number of carbonyl (C=O) groups is 3. The van der Waals surface area contributed by atoms with Crippen molar-refractivity contribution in [3.05, 3.63) is 58.9 Å². The monoisotopic (exact) mass is 445 g/mol. The van der Waals surface area contributed by atoms with Crippen LogP contribution in [-0.2, 0) is 14.4 Å². The third-order valence-corrected chi connectivity index (χ3v) is 5.63. The van der Waals surface area contributed by atoms with E-state index in [2.05, 4.69) is 26.6 Å². The Bertz CT molecular complexity index is 1030. The van der Waals surface area contributed by atoms with Gasteiger partial charge >= 0.3 is 0 Å². The quantitative estimate of drug-likeness (QED) is 0.493. The number of rotatable bonds is 4. The van der Waals surface area contributed by atoms with Crippen LogP contribution in [0, 0.1) is 24.6 Å². The molecule has 4 atom stereocenters. The molecule has 0 radical (unpaired) electrons. The van der Waals surface area contributed by atoms with Crippen molar-refractivity contribution in [3.63, 3.8) is 0 Å². The van der Waals surface area contributed by atoms with E-state index < -0.39 is 30.2 Å². The van der Waals surface area contributed by atoms with Crippen LogP contribution in [0.1, 0.15) is 12.0 Å². The van der Waals surface area contributed by atoms with E-state index in [1.807, 2.05) is 6.92 Å². The molecule has 0 saturated carbocycles. The van der Waals surface area contributed by atoms with Crippen molar-refractivity contribution in [1.29, 1.82) is 0 Å². The molecule has 2 aliphatic heterocycles. The second-order valence-electron chi connectivity index (χ2n) is 7.59. The van der Waals surface area contributed by atoms with Gasteiger partial charge in [0.15, 0.2) is 6.29 Å². The summed E-state index contributed by atoms with van der Waals surface area (Å²) in [4.78, 5) is 38.1. The molecule has 31 heavy (non-hydrogen) atoms. The Kier molecular flexibility index (Phi) is 5.79. The molecule has 162 valence electrons. The number of amides is 3. The van der Waals surface area contributed by atoms with Gasteiger partial charge in [0.05, 0.1) is 18.0 Å². The van der Waals surface area contributed by atoms with E-state index in [1.165, 1.54) is 24.3 Å². The van der Waals surface area contributed by atoms with Crippen LogP contribution >= 0.6 is 11.6 Å². The number of carbonyl (C=O) groups excluding carboxylic acids is 3. The lowest BCUT2D eigenvalue weighted by Crippen LogP contribution is -2.72. The highest BCUT2D eigenvalue weighted by Gasteiger charge is 2.48. The Balaban J connectivity index is 1.49. The molecule has 2 aromatic rings. The number of hydrogen-bond donors (Lipinski definition) is 5. The average molecular weight is 446 g/mol. The zero-order chi connectivity index (χ0) is 22.1. The van der Waals surface area contributed by atoms with Gasteiger partial charge in [-0.05, 0) is 48.9 Å². The summed E-state index contributed by atoms with van der Waals surface area (Å²) in [5.41, 5.74) is 1.91. The van der Waals surface area contributed by atoms with Gasteiger partial charge in [0.2, 0.25) is 17.7 Å². The second kappa shape index (κ2) is 8.52. The molecule has 10 heteroatoms. The molecule has 3 amide bonds. The highest BCUT2D eigenvalue weighted by atomic mass is 35.5. The third-order valence-electron chi connectivity index (χ3n) is 5.40. The zero-order valence-corrected chi connectivity index (χ0v) is 17.3. The van der Waals surface area contributed by atoms with Crippen molar-refractivity contribution >= 4 is 40.7 Å².